The van der Waals surface area contributed by atoms with Crippen LogP contribution in [0, 0.1) is 23.7 Å². The van der Waals surface area contributed by atoms with Gasteiger partial charge >= 0.3 is 0 Å². The molecule has 82 valence electrons. The van der Waals surface area contributed by atoms with E-state index in [2.05, 4.69) is 19.3 Å². The van der Waals surface area contributed by atoms with Gasteiger partial charge in [-0.3, -0.25) is 0 Å². The van der Waals surface area contributed by atoms with Crippen molar-refractivity contribution in [3.8, 4) is 0 Å². The fraction of sp³-hybridized carbons (Fsp3) is 1.00. The normalized spacial score (nSPS) is 43.3. The van der Waals surface area contributed by atoms with Gasteiger partial charge in [0.05, 0.1) is 0 Å². The number of hydrogen-bond acceptors (Lipinski definition) is 1. The van der Waals surface area contributed by atoms with Gasteiger partial charge in [0, 0.05) is 0 Å². The third-order valence-electron chi connectivity index (χ3n) is 4.48. The first-order valence-electron chi connectivity index (χ1n) is 6.44. The van der Waals surface area contributed by atoms with Crippen molar-refractivity contribution in [2.24, 2.45) is 23.7 Å². The van der Waals surface area contributed by atoms with Crippen molar-refractivity contribution in [2.75, 3.05) is 13.6 Å². The fourth-order valence-corrected chi connectivity index (χ4v) is 3.70. The van der Waals surface area contributed by atoms with Gasteiger partial charge < -0.3 is 5.32 Å². The van der Waals surface area contributed by atoms with E-state index >= 15 is 0 Å². The van der Waals surface area contributed by atoms with E-state index in [-0.39, 0.29) is 0 Å². The topological polar surface area (TPSA) is 12.0 Å². The molecule has 0 aromatic carbocycles. The number of fused-ring (bicyclic) bond motifs is 1. The van der Waals surface area contributed by atoms with E-state index in [9.17, 15) is 0 Å². The molecule has 4 atom stereocenters. The predicted molar refractivity (Wildman–Crippen MR) is 61.3 cm³/mol. The Balaban J connectivity index is 1.86. The summed E-state index contributed by atoms with van der Waals surface area (Å²) in [5, 5.41) is 3.34. The Bertz CT molecular complexity index is 178. The minimum atomic E-state index is 0.978. The molecule has 0 aromatic heterocycles. The molecule has 0 aromatic rings. The van der Waals surface area contributed by atoms with Crippen LogP contribution in [0.5, 0.6) is 0 Å². The van der Waals surface area contributed by atoms with Crippen molar-refractivity contribution >= 4 is 0 Å². The molecule has 1 nitrogen and oxygen atoms in total. The van der Waals surface area contributed by atoms with E-state index in [1.54, 1.807) is 0 Å². The zero-order valence-corrected chi connectivity index (χ0v) is 9.76. The molecule has 0 amide bonds. The van der Waals surface area contributed by atoms with Crippen LogP contribution in [0.3, 0.4) is 0 Å². The first kappa shape index (κ1) is 10.5. The van der Waals surface area contributed by atoms with Crippen LogP contribution in [0.2, 0.25) is 0 Å². The molecule has 0 saturated heterocycles. The van der Waals surface area contributed by atoms with Crippen LogP contribution in [-0.4, -0.2) is 13.6 Å². The molecule has 14 heavy (non-hydrogen) atoms. The van der Waals surface area contributed by atoms with Crippen LogP contribution in [-0.2, 0) is 0 Å². The Morgan fingerprint density at radius 3 is 2.57 bits per heavy atom. The van der Waals surface area contributed by atoms with Crippen LogP contribution >= 0.6 is 0 Å². The molecule has 1 N–H and O–H groups in total. The van der Waals surface area contributed by atoms with Crippen molar-refractivity contribution in [1.29, 1.82) is 0 Å². The summed E-state index contributed by atoms with van der Waals surface area (Å²) in [6.07, 6.45) is 9.05. The summed E-state index contributed by atoms with van der Waals surface area (Å²) in [6, 6.07) is 0. The number of nitrogens with one attached hydrogen (secondary N) is 1. The standard InChI is InChI=1S/C13H25N/c1-10-3-5-12-6-4-11(9-14-2)8-13(12)7-10/h10-14H,3-9H2,1-2H3/t10-,11?,12?,13?/m1/s1. The van der Waals surface area contributed by atoms with Gasteiger partial charge in [-0.15, -0.1) is 0 Å². The van der Waals surface area contributed by atoms with Crippen LogP contribution < -0.4 is 5.32 Å². The highest BCUT2D eigenvalue weighted by molar-refractivity contribution is 4.85. The van der Waals surface area contributed by atoms with Crippen molar-refractivity contribution in [2.45, 2.75) is 45.4 Å². The van der Waals surface area contributed by atoms with Gasteiger partial charge in [0.1, 0.15) is 0 Å². The van der Waals surface area contributed by atoms with Crippen molar-refractivity contribution < 1.29 is 0 Å². The second-order valence-electron chi connectivity index (χ2n) is 5.68. The highest BCUT2D eigenvalue weighted by Gasteiger charge is 2.33. The van der Waals surface area contributed by atoms with Crippen LogP contribution in [0.4, 0.5) is 0 Å². The molecular weight excluding hydrogens is 170 g/mol. The van der Waals surface area contributed by atoms with Gasteiger partial charge in [-0.05, 0) is 69.4 Å². The molecule has 1 heteroatoms. The second-order valence-corrected chi connectivity index (χ2v) is 5.68. The van der Waals surface area contributed by atoms with Gasteiger partial charge in [0.15, 0.2) is 0 Å². The average molecular weight is 195 g/mol. The molecule has 0 spiro atoms. The minimum absolute atomic E-state index is 0.978. The third-order valence-corrected chi connectivity index (χ3v) is 4.48. The summed E-state index contributed by atoms with van der Waals surface area (Å²) in [7, 11) is 2.09. The summed E-state index contributed by atoms with van der Waals surface area (Å²) < 4.78 is 0. The van der Waals surface area contributed by atoms with E-state index in [1.807, 2.05) is 0 Å². The lowest BCUT2D eigenvalue weighted by Crippen LogP contribution is -2.33. The molecular formula is C13H25N. The smallest absolute Gasteiger partial charge is 0.00234 e. The monoisotopic (exact) mass is 195 g/mol. The summed E-state index contributed by atoms with van der Waals surface area (Å²) in [5.41, 5.74) is 0. The fourth-order valence-electron chi connectivity index (χ4n) is 3.70. The van der Waals surface area contributed by atoms with E-state index < -0.39 is 0 Å². The first-order valence-corrected chi connectivity index (χ1v) is 6.44. The maximum Gasteiger partial charge on any atom is -0.00234 e. The molecule has 2 aliphatic carbocycles. The van der Waals surface area contributed by atoms with Crippen molar-refractivity contribution in [3.63, 3.8) is 0 Å². The third kappa shape index (κ3) is 2.31. The van der Waals surface area contributed by atoms with Gasteiger partial charge in [-0.1, -0.05) is 13.3 Å². The van der Waals surface area contributed by atoms with E-state index in [4.69, 9.17) is 0 Å². The number of rotatable bonds is 2. The van der Waals surface area contributed by atoms with Gasteiger partial charge in [0.2, 0.25) is 0 Å². The van der Waals surface area contributed by atoms with Gasteiger partial charge in [-0.25, -0.2) is 0 Å². The van der Waals surface area contributed by atoms with Crippen molar-refractivity contribution in [3.05, 3.63) is 0 Å². The lowest BCUT2D eigenvalue weighted by Gasteiger charge is -2.41. The Hall–Kier alpha value is -0.0400. The average Bonchev–Trinajstić information content (AvgIpc) is 2.17. The quantitative estimate of drug-likeness (QED) is 0.714. The zero-order valence-electron chi connectivity index (χ0n) is 9.76. The SMILES string of the molecule is CNCC1CCC2CC[C@@H](C)CC2C1. The molecule has 2 rings (SSSR count). The Kier molecular flexibility index (Phi) is 3.48. The Morgan fingerprint density at radius 2 is 1.79 bits per heavy atom. The summed E-state index contributed by atoms with van der Waals surface area (Å²) in [4.78, 5) is 0. The summed E-state index contributed by atoms with van der Waals surface area (Å²) in [5.74, 6) is 4.15. The molecule has 0 bridgehead atoms. The van der Waals surface area contributed by atoms with E-state index in [0.717, 1.165) is 23.7 Å². The lowest BCUT2D eigenvalue weighted by atomic mass is 9.65. The number of hydrogen-bond donors (Lipinski definition) is 1. The zero-order chi connectivity index (χ0) is 9.97. The molecule has 2 aliphatic rings. The van der Waals surface area contributed by atoms with Crippen LogP contribution in [0.25, 0.3) is 0 Å². The highest BCUT2D eigenvalue weighted by Crippen LogP contribution is 2.44. The van der Waals surface area contributed by atoms with Crippen molar-refractivity contribution in [1.82, 2.24) is 5.32 Å². The summed E-state index contributed by atoms with van der Waals surface area (Å²) in [6.45, 7) is 3.69. The maximum atomic E-state index is 3.34. The van der Waals surface area contributed by atoms with Crippen LogP contribution in [0.1, 0.15) is 45.4 Å². The Morgan fingerprint density at radius 1 is 1.00 bits per heavy atom. The maximum absolute atomic E-state index is 3.34. The molecule has 3 unspecified atom stereocenters. The molecule has 2 fully saturated rings. The molecule has 0 aliphatic heterocycles. The lowest BCUT2D eigenvalue weighted by molar-refractivity contribution is 0.104. The van der Waals surface area contributed by atoms with E-state index in [1.165, 1.54) is 45.1 Å². The van der Waals surface area contributed by atoms with Gasteiger partial charge in [0.25, 0.3) is 0 Å². The highest BCUT2D eigenvalue weighted by atomic mass is 14.8. The molecule has 0 heterocycles. The van der Waals surface area contributed by atoms with Gasteiger partial charge in [-0.2, -0.15) is 0 Å². The van der Waals surface area contributed by atoms with Crippen LogP contribution in [0.15, 0.2) is 0 Å². The summed E-state index contributed by atoms with van der Waals surface area (Å²) >= 11 is 0. The molecule has 2 saturated carbocycles. The van der Waals surface area contributed by atoms with E-state index in [0.29, 0.717) is 0 Å². The largest absolute Gasteiger partial charge is 0.319 e. The first-order chi connectivity index (χ1) is 6.79. The second kappa shape index (κ2) is 4.65. The Labute approximate surface area is 88.7 Å². The minimum Gasteiger partial charge on any atom is -0.319 e. The molecule has 0 radical (unpaired) electrons. The predicted octanol–water partition coefficient (Wildman–Crippen LogP) is 3.06.